The molecule has 0 bridgehead atoms. The zero-order chi connectivity index (χ0) is 22.5. The van der Waals surface area contributed by atoms with Gasteiger partial charge < -0.3 is 0 Å². The molecule has 0 atom stereocenters. The average Bonchev–Trinajstić information content (AvgIpc) is 2.77. The molecule has 2 rings (SSSR count). The van der Waals surface area contributed by atoms with Crippen LogP contribution in [-0.2, 0) is 14.8 Å². The number of nitrogens with zero attached hydrogens (tertiary/aromatic N) is 2. The second-order valence-electron chi connectivity index (χ2n) is 8.31. The van der Waals surface area contributed by atoms with Crippen LogP contribution in [0.3, 0.4) is 0 Å². The number of fused-ring (bicyclic) bond motifs is 1. The molecule has 0 aliphatic heterocycles. The molecular formula is C25H38N2O3S. The van der Waals surface area contributed by atoms with Crippen molar-refractivity contribution in [1.82, 2.24) is 9.29 Å². The highest BCUT2D eigenvalue weighted by molar-refractivity contribution is 7.89. The molecule has 31 heavy (non-hydrogen) atoms. The summed E-state index contributed by atoms with van der Waals surface area (Å²) in [5, 5.41) is 1.44. The highest BCUT2D eigenvalue weighted by atomic mass is 32.2. The van der Waals surface area contributed by atoms with E-state index in [0.29, 0.717) is 18.4 Å². The van der Waals surface area contributed by atoms with Crippen LogP contribution < -0.4 is 0 Å². The Hall–Kier alpha value is -1.79. The van der Waals surface area contributed by atoms with Crippen LogP contribution in [0, 0.1) is 0 Å². The minimum absolute atomic E-state index is 0.0106. The van der Waals surface area contributed by atoms with E-state index in [9.17, 15) is 13.2 Å². The fraction of sp³-hybridized carbons (Fsp3) is 0.600. The molecule has 1 heterocycles. The Labute approximate surface area is 188 Å². The highest BCUT2D eigenvalue weighted by Crippen LogP contribution is 2.25. The number of ketones is 1. The van der Waals surface area contributed by atoms with E-state index in [1.807, 2.05) is 6.07 Å². The molecule has 1 aromatic carbocycles. The SMILES string of the molecule is CCCCCCCCC(=O)CN(CCCCCC)S(=O)(=O)c1cccc2cnccc12. The standard InChI is InChI=1S/C25H38N2O3S/c1-3-5-7-9-10-11-15-23(28)21-27(19-12-8-6-4-2)31(29,30)25-16-13-14-22-20-26-18-17-24(22)25/h13-14,16-18,20H,3-12,15,19,21H2,1-2H3. The van der Waals surface area contributed by atoms with E-state index in [-0.39, 0.29) is 17.2 Å². The smallest absolute Gasteiger partial charge is 0.244 e. The lowest BCUT2D eigenvalue weighted by Gasteiger charge is -2.22. The molecule has 0 radical (unpaired) electrons. The number of carbonyl (C=O) groups excluding carboxylic acids is 1. The summed E-state index contributed by atoms with van der Waals surface area (Å²) >= 11 is 0. The monoisotopic (exact) mass is 446 g/mol. The van der Waals surface area contributed by atoms with Gasteiger partial charge in [0.25, 0.3) is 0 Å². The fourth-order valence-electron chi connectivity index (χ4n) is 3.83. The molecule has 1 aromatic heterocycles. The Balaban J connectivity index is 2.11. The molecule has 6 heteroatoms. The maximum atomic E-state index is 13.5. The predicted octanol–water partition coefficient (Wildman–Crippen LogP) is 6.13. The van der Waals surface area contributed by atoms with Crippen LogP contribution in [0.25, 0.3) is 10.8 Å². The van der Waals surface area contributed by atoms with Crippen molar-refractivity contribution in [2.45, 2.75) is 89.4 Å². The van der Waals surface area contributed by atoms with Crippen molar-refractivity contribution in [2.75, 3.05) is 13.1 Å². The topological polar surface area (TPSA) is 67.3 Å². The Bertz CT molecular complexity index is 907. The molecule has 2 aromatic rings. The van der Waals surface area contributed by atoms with Gasteiger partial charge in [-0.05, 0) is 25.0 Å². The second-order valence-corrected chi connectivity index (χ2v) is 10.2. The zero-order valence-electron chi connectivity index (χ0n) is 19.2. The fourth-order valence-corrected chi connectivity index (χ4v) is 5.51. The molecule has 0 amide bonds. The number of sulfonamides is 1. The third-order valence-corrected chi connectivity index (χ3v) is 7.58. The lowest BCUT2D eigenvalue weighted by molar-refractivity contribution is -0.119. The lowest BCUT2D eigenvalue weighted by Crippen LogP contribution is -2.36. The number of hydrogen-bond acceptors (Lipinski definition) is 4. The number of rotatable bonds is 16. The van der Waals surface area contributed by atoms with Gasteiger partial charge in [0.2, 0.25) is 10.0 Å². The van der Waals surface area contributed by atoms with Crippen LogP contribution in [0.15, 0.2) is 41.6 Å². The van der Waals surface area contributed by atoms with Crippen molar-refractivity contribution in [3.63, 3.8) is 0 Å². The van der Waals surface area contributed by atoms with E-state index >= 15 is 0 Å². The van der Waals surface area contributed by atoms with Gasteiger partial charge in [0, 0.05) is 36.1 Å². The summed E-state index contributed by atoms with van der Waals surface area (Å²) in [6, 6.07) is 6.96. The number of hydrogen-bond donors (Lipinski definition) is 0. The summed E-state index contributed by atoms with van der Waals surface area (Å²) in [6.45, 7) is 4.66. The van der Waals surface area contributed by atoms with Gasteiger partial charge >= 0.3 is 0 Å². The Morgan fingerprint density at radius 2 is 1.58 bits per heavy atom. The molecule has 0 saturated heterocycles. The average molecular weight is 447 g/mol. The first-order chi connectivity index (χ1) is 15.0. The van der Waals surface area contributed by atoms with Gasteiger partial charge in [-0.3, -0.25) is 9.78 Å². The molecule has 0 aliphatic rings. The van der Waals surface area contributed by atoms with Crippen molar-refractivity contribution in [2.24, 2.45) is 0 Å². The first-order valence-corrected chi connectivity index (χ1v) is 13.3. The Morgan fingerprint density at radius 3 is 2.32 bits per heavy atom. The molecule has 0 N–H and O–H groups in total. The van der Waals surface area contributed by atoms with Gasteiger partial charge in [0.1, 0.15) is 5.78 Å². The van der Waals surface area contributed by atoms with Gasteiger partial charge in [0.15, 0.2) is 0 Å². The van der Waals surface area contributed by atoms with E-state index in [1.54, 1.807) is 30.6 Å². The van der Waals surface area contributed by atoms with E-state index in [2.05, 4.69) is 18.8 Å². The van der Waals surface area contributed by atoms with Gasteiger partial charge in [0.05, 0.1) is 11.4 Å². The second kappa shape index (κ2) is 13.6. The van der Waals surface area contributed by atoms with Crippen molar-refractivity contribution >= 4 is 26.6 Å². The Morgan fingerprint density at radius 1 is 0.903 bits per heavy atom. The zero-order valence-corrected chi connectivity index (χ0v) is 20.0. The molecular weight excluding hydrogens is 408 g/mol. The number of Topliss-reactive ketones (excluding diaryl/α,β-unsaturated/α-hetero) is 1. The van der Waals surface area contributed by atoms with E-state index in [0.717, 1.165) is 50.3 Å². The first-order valence-electron chi connectivity index (χ1n) is 11.8. The van der Waals surface area contributed by atoms with E-state index < -0.39 is 10.0 Å². The van der Waals surface area contributed by atoms with Crippen molar-refractivity contribution in [3.05, 3.63) is 36.7 Å². The number of carbonyl (C=O) groups is 1. The largest absolute Gasteiger partial charge is 0.298 e. The summed E-state index contributed by atoms with van der Waals surface area (Å²) in [7, 11) is -3.77. The molecule has 0 aliphatic carbocycles. The number of benzene rings is 1. The van der Waals surface area contributed by atoms with Crippen LogP contribution in [0.1, 0.15) is 84.5 Å². The third kappa shape index (κ3) is 8.00. The number of pyridine rings is 1. The minimum Gasteiger partial charge on any atom is -0.298 e. The summed E-state index contributed by atoms with van der Waals surface area (Å²) < 4.78 is 28.5. The predicted molar refractivity (Wildman–Crippen MR) is 128 cm³/mol. The molecule has 0 saturated carbocycles. The minimum atomic E-state index is -3.77. The maximum Gasteiger partial charge on any atom is 0.244 e. The van der Waals surface area contributed by atoms with Gasteiger partial charge in [-0.2, -0.15) is 4.31 Å². The van der Waals surface area contributed by atoms with Crippen molar-refractivity contribution in [3.8, 4) is 0 Å². The number of unbranched alkanes of at least 4 members (excludes halogenated alkanes) is 8. The summed E-state index contributed by atoms with van der Waals surface area (Å²) in [5.41, 5.74) is 0. The number of aromatic nitrogens is 1. The summed E-state index contributed by atoms with van der Waals surface area (Å²) in [6.07, 6.45) is 14.3. The molecule has 0 spiro atoms. The lowest BCUT2D eigenvalue weighted by atomic mass is 10.1. The van der Waals surface area contributed by atoms with Crippen LogP contribution in [0.2, 0.25) is 0 Å². The molecule has 172 valence electrons. The summed E-state index contributed by atoms with van der Waals surface area (Å²) in [4.78, 5) is 17.0. The van der Waals surface area contributed by atoms with Gasteiger partial charge in [-0.1, -0.05) is 77.3 Å². The van der Waals surface area contributed by atoms with Crippen LogP contribution >= 0.6 is 0 Å². The Kier molecular flexibility index (Phi) is 11.2. The third-order valence-electron chi connectivity index (χ3n) is 5.68. The molecule has 0 unspecified atom stereocenters. The van der Waals surface area contributed by atoms with Crippen LogP contribution in [0.5, 0.6) is 0 Å². The van der Waals surface area contributed by atoms with E-state index in [4.69, 9.17) is 0 Å². The van der Waals surface area contributed by atoms with Crippen molar-refractivity contribution in [1.29, 1.82) is 0 Å². The van der Waals surface area contributed by atoms with Gasteiger partial charge in [-0.15, -0.1) is 0 Å². The molecule has 0 fully saturated rings. The van der Waals surface area contributed by atoms with E-state index in [1.165, 1.54) is 23.6 Å². The van der Waals surface area contributed by atoms with Crippen LogP contribution in [-0.4, -0.2) is 36.6 Å². The molecule has 5 nitrogen and oxygen atoms in total. The highest BCUT2D eigenvalue weighted by Gasteiger charge is 2.27. The normalized spacial score (nSPS) is 12.0. The van der Waals surface area contributed by atoms with Crippen molar-refractivity contribution < 1.29 is 13.2 Å². The van der Waals surface area contributed by atoms with Crippen LogP contribution in [0.4, 0.5) is 0 Å². The maximum absolute atomic E-state index is 13.5. The summed E-state index contributed by atoms with van der Waals surface area (Å²) in [5.74, 6) is 0.0106. The first kappa shape index (κ1) is 25.5. The quantitative estimate of drug-likeness (QED) is 0.291. The van der Waals surface area contributed by atoms with Gasteiger partial charge in [-0.25, -0.2) is 8.42 Å².